The summed E-state index contributed by atoms with van der Waals surface area (Å²) in [5.74, 6) is -0.705. The van der Waals surface area contributed by atoms with Crippen LogP contribution in [0.4, 0.5) is 0 Å². The molecule has 0 saturated heterocycles. The van der Waals surface area contributed by atoms with Gasteiger partial charge in [-0.1, -0.05) is 30.3 Å². The molecule has 25 heavy (non-hydrogen) atoms. The molecule has 0 aromatic heterocycles. The lowest BCUT2D eigenvalue weighted by Crippen LogP contribution is -2.26. The SMILES string of the molecule is CCOc1cc(C(=O)N[C@H](C)c2ccccc2)ccc1OCC(=O)O. The summed E-state index contributed by atoms with van der Waals surface area (Å²) in [6.07, 6.45) is 0. The van der Waals surface area contributed by atoms with Gasteiger partial charge in [0.2, 0.25) is 0 Å². The maximum atomic E-state index is 12.5. The predicted molar refractivity (Wildman–Crippen MR) is 93.1 cm³/mol. The highest BCUT2D eigenvalue weighted by Gasteiger charge is 2.15. The Hall–Kier alpha value is -3.02. The first-order chi connectivity index (χ1) is 12.0. The fourth-order valence-electron chi connectivity index (χ4n) is 2.28. The van der Waals surface area contributed by atoms with Crippen molar-refractivity contribution in [3.8, 4) is 11.5 Å². The quantitative estimate of drug-likeness (QED) is 0.769. The summed E-state index contributed by atoms with van der Waals surface area (Å²) in [6.45, 7) is 3.60. The molecule has 2 aromatic rings. The van der Waals surface area contributed by atoms with Gasteiger partial charge in [-0.05, 0) is 37.6 Å². The van der Waals surface area contributed by atoms with E-state index in [1.807, 2.05) is 37.3 Å². The Morgan fingerprint density at radius 1 is 1.08 bits per heavy atom. The Morgan fingerprint density at radius 2 is 1.80 bits per heavy atom. The second-order valence-electron chi connectivity index (χ2n) is 5.38. The zero-order chi connectivity index (χ0) is 18.2. The largest absolute Gasteiger partial charge is 0.490 e. The third-order valence-electron chi connectivity index (χ3n) is 3.50. The van der Waals surface area contributed by atoms with E-state index in [0.29, 0.717) is 17.9 Å². The van der Waals surface area contributed by atoms with E-state index in [2.05, 4.69) is 5.32 Å². The predicted octanol–water partition coefficient (Wildman–Crippen LogP) is 3.04. The molecule has 0 aliphatic heterocycles. The normalized spacial score (nSPS) is 11.4. The van der Waals surface area contributed by atoms with Crippen LogP contribution in [-0.4, -0.2) is 30.2 Å². The van der Waals surface area contributed by atoms with Crippen LogP contribution in [-0.2, 0) is 4.79 Å². The molecule has 6 nitrogen and oxygen atoms in total. The van der Waals surface area contributed by atoms with Crippen LogP contribution in [0.5, 0.6) is 11.5 Å². The van der Waals surface area contributed by atoms with Crippen molar-refractivity contribution in [2.45, 2.75) is 19.9 Å². The molecule has 0 aliphatic rings. The maximum absolute atomic E-state index is 12.5. The topological polar surface area (TPSA) is 84.9 Å². The first-order valence-electron chi connectivity index (χ1n) is 7.98. The lowest BCUT2D eigenvalue weighted by Gasteiger charge is -2.16. The van der Waals surface area contributed by atoms with Crippen molar-refractivity contribution < 1.29 is 24.2 Å². The molecule has 2 N–H and O–H groups in total. The number of benzene rings is 2. The van der Waals surface area contributed by atoms with Gasteiger partial charge in [0, 0.05) is 5.56 Å². The molecular formula is C19H21NO5. The average Bonchev–Trinajstić information content (AvgIpc) is 2.61. The molecule has 0 unspecified atom stereocenters. The van der Waals surface area contributed by atoms with Gasteiger partial charge in [0.25, 0.3) is 5.91 Å². The number of ether oxygens (including phenoxy) is 2. The zero-order valence-electron chi connectivity index (χ0n) is 14.2. The van der Waals surface area contributed by atoms with E-state index in [1.165, 1.54) is 6.07 Å². The summed E-state index contributed by atoms with van der Waals surface area (Å²) < 4.78 is 10.6. The Bertz CT molecular complexity index is 730. The average molecular weight is 343 g/mol. The fourth-order valence-corrected chi connectivity index (χ4v) is 2.28. The van der Waals surface area contributed by atoms with Crippen LogP contribution in [0.2, 0.25) is 0 Å². The number of carbonyl (C=O) groups is 2. The van der Waals surface area contributed by atoms with Gasteiger partial charge in [0.05, 0.1) is 12.6 Å². The van der Waals surface area contributed by atoms with Gasteiger partial charge in [-0.15, -0.1) is 0 Å². The number of rotatable bonds is 8. The van der Waals surface area contributed by atoms with Crippen molar-refractivity contribution in [1.29, 1.82) is 0 Å². The monoisotopic (exact) mass is 343 g/mol. The molecule has 0 heterocycles. The maximum Gasteiger partial charge on any atom is 0.341 e. The molecule has 0 spiro atoms. The van der Waals surface area contributed by atoms with Gasteiger partial charge in [-0.3, -0.25) is 4.79 Å². The number of amides is 1. The standard InChI is InChI=1S/C19H21NO5/c1-3-24-17-11-15(9-10-16(17)25-12-18(21)22)19(23)20-13(2)14-7-5-4-6-8-14/h4-11,13H,3,12H2,1-2H3,(H,20,23)(H,21,22)/t13-/m1/s1. The lowest BCUT2D eigenvalue weighted by atomic mass is 10.1. The number of carboxylic acid groups (broad SMARTS) is 1. The molecule has 2 aromatic carbocycles. The highest BCUT2D eigenvalue weighted by molar-refractivity contribution is 5.95. The van der Waals surface area contributed by atoms with E-state index >= 15 is 0 Å². The minimum absolute atomic E-state index is 0.146. The Balaban J connectivity index is 2.13. The fraction of sp³-hybridized carbons (Fsp3) is 0.263. The van der Waals surface area contributed by atoms with Crippen molar-refractivity contribution in [2.75, 3.05) is 13.2 Å². The van der Waals surface area contributed by atoms with Gasteiger partial charge in [0.1, 0.15) is 0 Å². The van der Waals surface area contributed by atoms with E-state index in [-0.39, 0.29) is 17.7 Å². The van der Waals surface area contributed by atoms with Crippen LogP contribution < -0.4 is 14.8 Å². The smallest absolute Gasteiger partial charge is 0.341 e. The first-order valence-corrected chi connectivity index (χ1v) is 7.98. The Morgan fingerprint density at radius 3 is 2.44 bits per heavy atom. The van der Waals surface area contributed by atoms with Crippen molar-refractivity contribution in [1.82, 2.24) is 5.32 Å². The van der Waals surface area contributed by atoms with Gasteiger partial charge in [-0.2, -0.15) is 0 Å². The molecule has 0 radical (unpaired) electrons. The zero-order valence-corrected chi connectivity index (χ0v) is 14.2. The van der Waals surface area contributed by atoms with Gasteiger partial charge >= 0.3 is 5.97 Å². The molecule has 0 aliphatic carbocycles. The molecule has 0 bridgehead atoms. The summed E-state index contributed by atoms with van der Waals surface area (Å²) in [7, 11) is 0. The van der Waals surface area contributed by atoms with E-state index in [1.54, 1.807) is 19.1 Å². The minimum atomic E-state index is -1.08. The van der Waals surface area contributed by atoms with Crippen LogP contribution in [0.25, 0.3) is 0 Å². The highest BCUT2D eigenvalue weighted by atomic mass is 16.5. The second kappa shape index (κ2) is 8.73. The van der Waals surface area contributed by atoms with Crippen molar-refractivity contribution in [2.24, 2.45) is 0 Å². The first kappa shape index (κ1) is 18.3. The summed E-state index contributed by atoms with van der Waals surface area (Å²) >= 11 is 0. The Kier molecular flexibility index (Phi) is 6.39. The van der Waals surface area contributed by atoms with Gasteiger partial charge in [-0.25, -0.2) is 4.79 Å². The molecule has 6 heteroatoms. The molecule has 1 amide bonds. The number of hydrogen-bond acceptors (Lipinski definition) is 4. The van der Waals surface area contributed by atoms with Crippen molar-refractivity contribution >= 4 is 11.9 Å². The van der Waals surface area contributed by atoms with Crippen LogP contribution in [0.3, 0.4) is 0 Å². The minimum Gasteiger partial charge on any atom is -0.490 e. The number of aliphatic carboxylic acids is 1. The number of carbonyl (C=O) groups excluding carboxylic acids is 1. The van der Waals surface area contributed by atoms with Crippen molar-refractivity contribution in [3.05, 3.63) is 59.7 Å². The van der Waals surface area contributed by atoms with E-state index in [4.69, 9.17) is 14.6 Å². The summed E-state index contributed by atoms with van der Waals surface area (Å²) in [5, 5.41) is 11.6. The van der Waals surface area contributed by atoms with Crippen LogP contribution in [0.15, 0.2) is 48.5 Å². The number of nitrogens with one attached hydrogen (secondary N) is 1. The molecule has 0 fully saturated rings. The summed E-state index contributed by atoms with van der Waals surface area (Å²) in [6, 6.07) is 14.2. The van der Waals surface area contributed by atoms with Crippen LogP contribution >= 0.6 is 0 Å². The molecule has 2 rings (SSSR count). The summed E-state index contributed by atoms with van der Waals surface area (Å²) in [4.78, 5) is 23.1. The van der Waals surface area contributed by atoms with Gasteiger partial charge < -0.3 is 19.9 Å². The molecule has 0 saturated carbocycles. The third-order valence-corrected chi connectivity index (χ3v) is 3.50. The molecular weight excluding hydrogens is 322 g/mol. The van der Waals surface area contributed by atoms with E-state index in [0.717, 1.165) is 5.56 Å². The second-order valence-corrected chi connectivity index (χ2v) is 5.38. The third kappa shape index (κ3) is 5.24. The summed E-state index contributed by atoms with van der Waals surface area (Å²) in [5.41, 5.74) is 1.41. The molecule has 1 atom stereocenters. The van der Waals surface area contributed by atoms with E-state index < -0.39 is 12.6 Å². The lowest BCUT2D eigenvalue weighted by molar-refractivity contribution is -0.139. The van der Waals surface area contributed by atoms with Crippen LogP contribution in [0, 0.1) is 0 Å². The number of hydrogen-bond donors (Lipinski definition) is 2. The Labute approximate surface area is 146 Å². The van der Waals surface area contributed by atoms with Crippen LogP contribution in [0.1, 0.15) is 35.8 Å². The van der Waals surface area contributed by atoms with Gasteiger partial charge in [0.15, 0.2) is 18.1 Å². The highest BCUT2D eigenvalue weighted by Crippen LogP contribution is 2.28. The van der Waals surface area contributed by atoms with Crippen molar-refractivity contribution in [3.63, 3.8) is 0 Å². The molecule has 132 valence electrons. The van der Waals surface area contributed by atoms with E-state index in [9.17, 15) is 9.59 Å². The number of carboxylic acids is 1.